The first-order chi connectivity index (χ1) is 11.3. The fraction of sp³-hybridized carbons (Fsp3) is 0.467. The molecule has 1 aliphatic heterocycles. The van der Waals surface area contributed by atoms with Crippen LogP contribution in [0.4, 0.5) is 4.20 Å². The first-order valence-electron chi connectivity index (χ1n) is 7.54. The predicted molar refractivity (Wildman–Crippen MR) is 87.2 cm³/mol. The van der Waals surface area contributed by atoms with E-state index in [4.69, 9.17) is 10.3 Å². The molecule has 0 fully saturated rings. The van der Waals surface area contributed by atoms with Crippen molar-refractivity contribution < 1.29 is 76.6 Å². The van der Waals surface area contributed by atoms with Gasteiger partial charge >= 0.3 is 7.83 Å². The Hall–Kier alpha value is 0.0322. The Morgan fingerprint density at radius 1 is 1.50 bits per heavy atom. The average molecular weight is 628 g/mol. The SMILES string of the molecule is CN1Cc2cc(C(=O)NCCCC[C@H]([NH-])[C-]=O)ccc2OP1(=O)F.[W].[Y]. The van der Waals surface area contributed by atoms with Gasteiger partial charge in [-0.05, 0) is 31.7 Å². The minimum Gasteiger partial charge on any atom is -0.698 e. The molecule has 1 amide bonds. The zero-order chi connectivity index (χ0) is 17.7. The maximum Gasteiger partial charge on any atom is 0.499 e. The molecule has 0 saturated heterocycles. The van der Waals surface area contributed by atoms with Crippen molar-refractivity contribution in [2.45, 2.75) is 31.8 Å². The number of rotatable bonds is 7. The summed E-state index contributed by atoms with van der Waals surface area (Å²) in [5.74, 6) is -0.0964. The van der Waals surface area contributed by atoms with Crippen LogP contribution in [0.5, 0.6) is 5.75 Å². The molecule has 1 unspecified atom stereocenters. The van der Waals surface area contributed by atoms with Crippen LogP contribution in [0.25, 0.3) is 5.73 Å². The predicted octanol–water partition coefficient (Wildman–Crippen LogP) is 3.01. The Morgan fingerprint density at radius 3 is 2.85 bits per heavy atom. The summed E-state index contributed by atoms with van der Waals surface area (Å²) in [6.45, 7) is 0.523. The molecule has 1 aliphatic rings. The van der Waals surface area contributed by atoms with Crippen LogP contribution in [0.2, 0.25) is 0 Å². The number of unbranched alkanes of at least 4 members (excludes halogenated alkanes) is 1. The number of benzene rings is 1. The number of hydrogen-bond donors (Lipinski definition) is 1. The van der Waals surface area contributed by atoms with E-state index in [2.05, 4.69) is 5.32 Å². The number of nitrogens with zero attached hydrogens (tertiary/aromatic N) is 1. The van der Waals surface area contributed by atoms with Crippen LogP contribution in [0.3, 0.4) is 0 Å². The topological polar surface area (TPSA) is 99.5 Å². The summed E-state index contributed by atoms with van der Waals surface area (Å²) in [6.07, 6.45) is 3.33. The van der Waals surface area contributed by atoms with Gasteiger partial charge in [-0.25, -0.2) is 10.6 Å². The second kappa shape index (κ2) is 11.8. The summed E-state index contributed by atoms with van der Waals surface area (Å²) in [7, 11) is -2.94. The molecule has 11 heteroatoms. The third-order valence-corrected chi connectivity index (χ3v) is 5.07. The van der Waals surface area contributed by atoms with E-state index in [0.717, 1.165) is 4.67 Å². The minimum atomic E-state index is -4.30. The second-order valence-electron chi connectivity index (χ2n) is 5.60. The van der Waals surface area contributed by atoms with Gasteiger partial charge in [0, 0.05) is 78.0 Å². The smallest absolute Gasteiger partial charge is 0.499 e. The van der Waals surface area contributed by atoms with E-state index < -0.39 is 13.9 Å². The Morgan fingerprint density at radius 2 is 2.19 bits per heavy atom. The molecule has 2 N–H and O–H groups in total. The van der Waals surface area contributed by atoms with Gasteiger partial charge in [-0.1, -0.05) is 12.8 Å². The van der Waals surface area contributed by atoms with E-state index >= 15 is 0 Å². The van der Waals surface area contributed by atoms with Crippen LogP contribution >= 0.6 is 7.83 Å². The van der Waals surface area contributed by atoms with Gasteiger partial charge in [-0.2, -0.15) is 4.67 Å². The van der Waals surface area contributed by atoms with Crippen LogP contribution in [0.15, 0.2) is 18.2 Å². The summed E-state index contributed by atoms with van der Waals surface area (Å²) in [4.78, 5) is 22.3. The molecule has 1 aromatic carbocycles. The van der Waals surface area contributed by atoms with Crippen LogP contribution in [0, 0.1) is 0 Å². The van der Waals surface area contributed by atoms with E-state index in [9.17, 15) is 18.4 Å². The van der Waals surface area contributed by atoms with Gasteiger partial charge in [-0.15, -0.1) is 4.20 Å². The molecular weight excluding hydrogens is 609 g/mol. The summed E-state index contributed by atoms with van der Waals surface area (Å²) < 4.78 is 31.0. The number of carbonyl (C=O) groups is 1. The van der Waals surface area contributed by atoms with Crippen LogP contribution in [0.1, 0.15) is 35.2 Å². The number of nitrogens with one attached hydrogen (secondary N) is 2. The Balaban J connectivity index is 0.00000312. The van der Waals surface area contributed by atoms with Gasteiger partial charge in [0.25, 0.3) is 5.91 Å². The molecule has 1 aromatic rings. The van der Waals surface area contributed by atoms with Crippen molar-refractivity contribution in [3.8, 4) is 5.75 Å². The molecule has 26 heavy (non-hydrogen) atoms. The molecule has 2 atom stereocenters. The van der Waals surface area contributed by atoms with E-state index in [1.54, 1.807) is 12.4 Å². The quantitative estimate of drug-likeness (QED) is 0.285. The number of amides is 1. The van der Waals surface area contributed by atoms with Crippen molar-refractivity contribution >= 4 is 20.0 Å². The molecule has 0 spiro atoms. The largest absolute Gasteiger partial charge is 0.698 e. The Kier molecular flexibility index (Phi) is 11.8. The molecule has 0 aromatic heterocycles. The standard InChI is InChI=1S/C15H19FN3O4P.W.Y/c1-19-9-12-8-11(5-6-14(12)23-24(19,16)22)15(21)18-7-3-2-4-13(17)10-20;;/h5-6,8,13,17H,2-4,7,9H2,1H3,(H,18,21);;/q-2;;/t13-,24?;;/m0../s1. The van der Waals surface area contributed by atoms with Crippen molar-refractivity contribution in [1.29, 1.82) is 0 Å². The molecule has 141 valence electrons. The van der Waals surface area contributed by atoms with Crippen molar-refractivity contribution in [3.63, 3.8) is 0 Å². The first kappa shape index (κ1) is 26.0. The molecule has 0 bridgehead atoms. The Bertz CT molecular complexity index is 682. The van der Waals surface area contributed by atoms with Gasteiger partial charge in [0.15, 0.2) is 0 Å². The van der Waals surface area contributed by atoms with Crippen molar-refractivity contribution in [2.75, 3.05) is 13.6 Å². The van der Waals surface area contributed by atoms with Crippen molar-refractivity contribution in [2.24, 2.45) is 0 Å². The van der Waals surface area contributed by atoms with Crippen LogP contribution in [-0.2, 0) is 69.7 Å². The second-order valence-corrected chi connectivity index (χ2v) is 7.37. The first-order valence-corrected chi connectivity index (χ1v) is 9.01. The van der Waals surface area contributed by atoms with Gasteiger partial charge in [-0.3, -0.25) is 11.1 Å². The van der Waals surface area contributed by atoms with Gasteiger partial charge in [0.05, 0.1) is 0 Å². The summed E-state index contributed by atoms with van der Waals surface area (Å²) in [6, 6.07) is 3.68. The van der Waals surface area contributed by atoms with Crippen molar-refractivity contribution in [3.05, 3.63) is 35.1 Å². The van der Waals surface area contributed by atoms with Gasteiger partial charge in [0.1, 0.15) is 5.75 Å². The third kappa shape index (κ3) is 7.22. The Labute approximate surface area is 191 Å². The third-order valence-electron chi connectivity index (χ3n) is 3.69. The molecule has 1 heterocycles. The maximum absolute atomic E-state index is 13.7. The van der Waals surface area contributed by atoms with Crippen molar-refractivity contribution in [1.82, 2.24) is 9.99 Å². The number of fused-ring (bicyclic) bond motifs is 1. The minimum absolute atomic E-state index is 0. The molecule has 1 radical (unpaired) electrons. The average Bonchev–Trinajstić information content (AvgIpc) is 2.54. The zero-order valence-corrected chi connectivity index (χ0v) is 20.9. The molecule has 0 aliphatic carbocycles. The maximum atomic E-state index is 13.7. The van der Waals surface area contributed by atoms with Gasteiger partial charge in [0.2, 0.25) is 0 Å². The monoisotopic (exact) mass is 628 g/mol. The summed E-state index contributed by atoms with van der Waals surface area (Å²) >= 11 is 0. The number of halogens is 1. The summed E-state index contributed by atoms with van der Waals surface area (Å²) in [5.41, 5.74) is 8.23. The fourth-order valence-electron chi connectivity index (χ4n) is 2.29. The molecule has 2 rings (SSSR count). The molecular formula is C15H19FN3O4PWY-2. The fourth-order valence-corrected chi connectivity index (χ4v) is 3.17. The van der Waals surface area contributed by atoms with Crippen LogP contribution < -0.4 is 9.84 Å². The van der Waals surface area contributed by atoms with E-state index in [-0.39, 0.29) is 72.0 Å². The van der Waals surface area contributed by atoms with E-state index in [0.29, 0.717) is 36.9 Å². The van der Waals surface area contributed by atoms with E-state index in [1.807, 2.05) is 0 Å². The van der Waals surface area contributed by atoms with Gasteiger partial charge < -0.3 is 20.4 Å². The normalized spacial score (nSPS) is 19.8. The zero-order valence-electron chi connectivity index (χ0n) is 14.2. The molecule has 0 saturated carbocycles. The van der Waals surface area contributed by atoms with Crippen LogP contribution in [-0.4, -0.2) is 36.5 Å². The number of hydrogen-bond acceptors (Lipinski definition) is 4. The number of carbonyl (C=O) groups excluding carboxylic acids is 2. The summed E-state index contributed by atoms with van der Waals surface area (Å²) in [5, 5.41) is 2.74. The van der Waals surface area contributed by atoms with E-state index in [1.165, 1.54) is 19.2 Å². The molecule has 7 nitrogen and oxygen atoms in total.